The molecule has 7 heteroatoms. The fourth-order valence-electron chi connectivity index (χ4n) is 8.99. The lowest BCUT2D eigenvalue weighted by molar-refractivity contribution is -0.158. The van der Waals surface area contributed by atoms with Crippen LogP contribution in [0.4, 0.5) is 0 Å². The number of ether oxygens (including phenoxy) is 1. The lowest BCUT2D eigenvalue weighted by Gasteiger charge is -2.45. The SMILES string of the molecule is CCOC(=O)C1(N(C)C)CCC(c2nc3ccccc3n(C3CC4CC[C@@H](C3)N4C3CCCCCCC3)c2=O)CC1. The first-order chi connectivity index (χ1) is 19.9. The molecular formula is C34H50N4O3. The van der Waals surface area contributed by atoms with Crippen molar-refractivity contribution in [3.8, 4) is 0 Å². The quantitative estimate of drug-likeness (QED) is 0.391. The minimum atomic E-state index is -0.620. The zero-order chi connectivity index (χ0) is 28.6. The van der Waals surface area contributed by atoms with Crippen LogP contribution in [0.2, 0.25) is 0 Å². The fraction of sp³-hybridized carbons (Fsp3) is 0.735. The van der Waals surface area contributed by atoms with Gasteiger partial charge in [-0.15, -0.1) is 0 Å². The maximum Gasteiger partial charge on any atom is 0.326 e. The Morgan fingerprint density at radius 1 is 0.902 bits per heavy atom. The Kier molecular flexibility index (Phi) is 8.56. The molecule has 4 aliphatic rings. The van der Waals surface area contributed by atoms with Crippen molar-refractivity contribution in [1.82, 2.24) is 19.4 Å². The Balaban J connectivity index is 1.28. The third kappa shape index (κ3) is 5.37. The van der Waals surface area contributed by atoms with Gasteiger partial charge in [0.2, 0.25) is 0 Å². The molecule has 2 unspecified atom stereocenters. The molecule has 0 amide bonds. The summed E-state index contributed by atoms with van der Waals surface area (Å²) < 4.78 is 7.64. The van der Waals surface area contributed by atoms with Crippen LogP contribution in [-0.4, -0.2) is 69.7 Å². The molecule has 2 aliphatic heterocycles. The van der Waals surface area contributed by atoms with E-state index in [-0.39, 0.29) is 23.5 Å². The molecule has 0 spiro atoms. The molecule has 0 radical (unpaired) electrons. The molecule has 3 atom stereocenters. The van der Waals surface area contributed by atoms with Crippen molar-refractivity contribution in [2.45, 2.75) is 139 Å². The summed E-state index contributed by atoms with van der Waals surface area (Å²) in [5.74, 6) is -0.0774. The van der Waals surface area contributed by atoms with E-state index in [1.165, 1.54) is 57.8 Å². The molecule has 2 aliphatic carbocycles. The van der Waals surface area contributed by atoms with Crippen LogP contribution in [0.15, 0.2) is 29.1 Å². The van der Waals surface area contributed by atoms with Crippen LogP contribution >= 0.6 is 0 Å². The molecule has 1 aromatic heterocycles. The number of piperidine rings is 1. The number of esters is 1. The fourth-order valence-corrected chi connectivity index (χ4v) is 8.99. The van der Waals surface area contributed by atoms with Gasteiger partial charge >= 0.3 is 5.97 Å². The molecule has 41 heavy (non-hydrogen) atoms. The Hall–Kier alpha value is -2.25. The van der Waals surface area contributed by atoms with E-state index in [0.717, 1.165) is 42.8 Å². The predicted molar refractivity (Wildman–Crippen MR) is 163 cm³/mol. The molecule has 1 aromatic carbocycles. The van der Waals surface area contributed by atoms with Gasteiger partial charge in [-0.05, 0) is 97.4 Å². The second-order valence-electron chi connectivity index (χ2n) is 13.5. The van der Waals surface area contributed by atoms with Gasteiger partial charge < -0.3 is 9.30 Å². The number of fused-ring (bicyclic) bond motifs is 3. The van der Waals surface area contributed by atoms with Crippen molar-refractivity contribution < 1.29 is 9.53 Å². The standard InChI is InChI=1S/C34H50N4O3/c1-4-41-33(40)34(36(2)3)20-18-24(19-21-34)31-32(39)38(30-15-11-10-14-29(30)35-31)28-22-26-16-17-27(23-28)37(26)25-12-8-6-5-7-9-13-25/h10-11,14-15,24-28H,4-9,12-13,16-23H2,1-3H3/t24?,26-,27?,28?,34?/m0/s1. The first-order valence-electron chi connectivity index (χ1n) is 16.6. The molecule has 3 heterocycles. The van der Waals surface area contributed by atoms with Crippen LogP contribution in [0.3, 0.4) is 0 Å². The second kappa shape index (κ2) is 12.2. The first-order valence-corrected chi connectivity index (χ1v) is 16.6. The second-order valence-corrected chi connectivity index (χ2v) is 13.5. The highest BCUT2D eigenvalue weighted by molar-refractivity contribution is 5.81. The average Bonchev–Trinajstić information content (AvgIpc) is 3.21. The number of benzene rings is 1. The zero-order valence-corrected chi connectivity index (χ0v) is 25.5. The van der Waals surface area contributed by atoms with Crippen LogP contribution in [0.1, 0.15) is 121 Å². The van der Waals surface area contributed by atoms with E-state index < -0.39 is 5.54 Å². The van der Waals surface area contributed by atoms with Gasteiger partial charge in [-0.2, -0.15) is 0 Å². The number of nitrogens with zero attached hydrogens (tertiary/aromatic N) is 4. The summed E-state index contributed by atoms with van der Waals surface area (Å²) in [4.78, 5) is 37.3. The maximum absolute atomic E-state index is 14.4. The van der Waals surface area contributed by atoms with Crippen molar-refractivity contribution in [1.29, 1.82) is 0 Å². The normalized spacial score (nSPS) is 31.7. The van der Waals surface area contributed by atoms with Crippen molar-refractivity contribution in [3.63, 3.8) is 0 Å². The lowest BCUT2D eigenvalue weighted by Crippen LogP contribution is -2.54. The Morgan fingerprint density at radius 2 is 1.54 bits per heavy atom. The lowest BCUT2D eigenvalue weighted by atomic mass is 9.74. The van der Waals surface area contributed by atoms with Crippen LogP contribution in [0.5, 0.6) is 0 Å². The molecule has 7 nitrogen and oxygen atoms in total. The zero-order valence-electron chi connectivity index (χ0n) is 25.5. The highest BCUT2D eigenvalue weighted by atomic mass is 16.5. The first kappa shape index (κ1) is 28.9. The van der Waals surface area contributed by atoms with E-state index in [9.17, 15) is 9.59 Å². The minimum Gasteiger partial charge on any atom is -0.465 e. The number of carbonyl (C=O) groups excluding carboxylic acids is 1. The van der Waals surface area contributed by atoms with Crippen LogP contribution < -0.4 is 5.56 Å². The summed E-state index contributed by atoms with van der Waals surface area (Å²) in [6, 6.07) is 10.4. The molecule has 2 saturated carbocycles. The van der Waals surface area contributed by atoms with Crippen molar-refractivity contribution in [3.05, 3.63) is 40.3 Å². The topological polar surface area (TPSA) is 67.7 Å². The average molecular weight is 563 g/mol. The summed E-state index contributed by atoms with van der Waals surface area (Å²) >= 11 is 0. The van der Waals surface area contributed by atoms with E-state index >= 15 is 0 Å². The number of rotatable bonds is 6. The van der Waals surface area contributed by atoms with Crippen molar-refractivity contribution in [2.24, 2.45) is 0 Å². The number of para-hydroxylation sites is 2. The van der Waals surface area contributed by atoms with E-state index in [4.69, 9.17) is 9.72 Å². The molecule has 2 aromatic rings. The van der Waals surface area contributed by atoms with E-state index in [1.807, 2.05) is 38.1 Å². The molecule has 6 rings (SSSR count). The Bertz CT molecular complexity index is 1260. The number of carbonyl (C=O) groups is 1. The van der Waals surface area contributed by atoms with Gasteiger partial charge in [-0.1, -0.05) is 44.2 Å². The molecule has 224 valence electrons. The third-order valence-corrected chi connectivity index (χ3v) is 11.2. The van der Waals surface area contributed by atoms with Gasteiger partial charge in [0.25, 0.3) is 5.56 Å². The maximum atomic E-state index is 14.4. The summed E-state index contributed by atoms with van der Waals surface area (Å²) in [6.07, 6.45) is 17.2. The highest BCUT2D eigenvalue weighted by Gasteiger charge is 2.47. The van der Waals surface area contributed by atoms with E-state index in [2.05, 4.69) is 21.6 Å². The van der Waals surface area contributed by atoms with Crippen LogP contribution in [-0.2, 0) is 9.53 Å². The van der Waals surface area contributed by atoms with Crippen molar-refractivity contribution in [2.75, 3.05) is 20.7 Å². The van der Waals surface area contributed by atoms with Crippen LogP contribution in [0, 0.1) is 0 Å². The smallest absolute Gasteiger partial charge is 0.326 e. The number of hydrogen-bond acceptors (Lipinski definition) is 6. The molecule has 2 saturated heterocycles. The molecular weight excluding hydrogens is 512 g/mol. The Labute approximate surface area is 245 Å². The summed E-state index contributed by atoms with van der Waals surface area (Å²) in [6.45, 7) is 2.25. The minimum absolute atomic E-state index is 0.0626. The predicted octanol–water partition coefficient (Wildman–Crippen LogP) is 6.20. The summed E-state index contributed by atoms with van der Waals surface area (Å²) in [5, 5.41) is 0. The van der Waals surface area contributed by atoms with Crippen LogP contribution in [0.25, 0.3) is 11.0 Å². The molecule has 0 N–H and O–H groups in total. The summed E-state index contributed by atoms with van der Waals surface area (Å²) in [5.41, 5.74) is 2.09. The highest BCUT2D eigenvalue weighted by Crippen LogP contribution is 2.45. The van der Waals surface area contributed by atoms with Gasteiger partial charge in [-0.25, -0.2) is 4.98 Å². The van der Waals surface area contributed by atoms with Gasteiger partial charge in [0.1, 0.15) is 11.2 Å². The molecule has 2 bridgehead atoms. The largest absolute Gasteiger partial charge is 0.465 e. The van der Waals surface area contributed by atoms with Gasteiger partial charge in [0, 0.05) is 30.1 Å². The number of hydrogen-bond donors (Lipinski definition) is 0. The Morgan fingerprint density at radius 3 is 2.17 bits per heavy atom. The number of likely N-dealkylation sites (N-methyl/N-ethyl adjacent to an activating group) is 1. The van der Waals surface area contributed by atoms with Crippen molar-refractivity contribution >= 4 is 17.0 Å². The van der Waals surface area contributed by atoms with E-state index in [1.54, 1.807) is 0 Å². The van der Waals surface area contributed by atoms with Gasteiger partial charge in [0.05, 0.1) is 17.6 Å². The van der Waals surface area contributed by atoms with E-state index in [0.29, 0.717) is 37.2 Å². The third-order valence-electron chi connectivity index (χ3n) is 11.2. The van der Waals surface area contributed by atoms with Gasteiger partial charge in [-0.3, -0.25) is 19.4 Å². The monoisotopic (exact) mass is 562 g/mol. The van der Waals surface area contributed by atoms with Gasteiger partial charge in [0.15, 0.2) is 0 Å². The molecule has 4 fully saturated rings. The summed E-state index contributed by atoms with van der Waals surface area (Å²) in [7, 11) is 3.94. The number of aromatic nitrogens is 2.